The van der Waals surface area contributed by atoms with Crippen molar-refractivity contribution in [2.24, 2.45) is 41.2 Å². The third kappa shape index (κ3) is 3.45. The van der Waals surface area contributed by atoms with Gasteiger partial charge >= 0.3 is 0 Å². The number of aromatic hydroxyl groups is 1. The average molecular weight is 520 g/mol. The molecule has 198 valence electrons. The molecule has 3 aliphatic carbocycles. The third-order valence-corrected chi connectivity index (χ3v) is 8.60. The van der Waals surface area contributed by atoms with Crippen LogP contribution >= 0.6 is 0 Å². The Morgan fingerprint density at radius 2 is 1.71 bits per heavy atom. The fourth-order valence-electron chi connectivity index (χ4n) is 6.90. The van der Waals surface area contributed by atoms with Crippen LogP contribution in [-0.2, 0) is 25.6 Å². The SMILES string of the molecule is COc1ccc(-c2ccc(O)c3c2C[C@H]2C[C@H]4[C@H](C(C)C)C(=O)C(C(N)=O)C(=O)[C@@]4(O)C(=O)C2C3=O)cc1. The summed E-state index contributed by atoms with van der Waals surface area (Å²) in [6, 6.07) is 10.3. The van der Waals surface area contributed by atoms with E-state index in [0.29, 0.717) is 16.9 Å². The summed E-state index contributed by atoms with van der Waals surface area (Å²) >= 11 is 0. The van der Waals surface area contributed by atoms with Crippen molar-refractivity contribution < 1.29 is 38.9 Å². The first-order valence-electron chi connectivity index (χ1n) is 12.6. The maximum Gasteiger partial charge on any atom is 0.235 e. The van der Waals surface area contributed by atoms with E-state index in [-0.39, 0.29) is 24.2 Å². The van der Waals surface area contributed by atoms with Crippen molar-refractivity contribution in [3.05, 3.63) is 47.5 Å². The second-order valence-corrected chi connectivity index (χ2v) is 10.9. The summed E-state index contributed by atoms with van der Waals surface area (Å²) < 4.78 is 5.23. The molecule has 2 unspecified atom stereocenters. The van der Waals surface area contributed by atoms with Gasteiger partial charge < -0.3 is 20.7 Å². The molecule has 0 spiro atoms. The third-order valence-electron chi connectivity index (χ3n) is 8.60. The van der Waals surface area contributed by atoms with Crippen molar-refractivity contribution in [3.63, 3.8) is 0 Å². The van der Waals surface area contributed by atoms with Gasteiger partial charge in [-0.15, -0.1) is 0 Å². The minimum Gasteiger partial charge on any atom is -0.507 e. The maximum atomic E-state index is 13.9. The highest BCUT2D eigenvalue weighted by Gasteiger charge is 2.69. The molecule has 3 aliphatic rings. The molecule has 6 atom stereocenters. The van der Waals surface area contributed by atoms with Crippen LogP contribution in [0.5, 0.6) is 11.5 Å². The minimum absolute atomic E-state index is 0.0267. The molecule has 1 amide bonds. The second-order valence-electron chi connectivity index (χ2n) is 10.9. The van der Waals surface area contributed by atoms with Gasteiger partial charge in [-0.25, -0.2) is 0 Å². The van der Waals surface area contributed by atoms with Gasteiger partial charge in [-0.3, -0.25) is 24.0 Å². The zero-order valence-electron chi connectivity index (χ0n) is 21.3. The topological polar surface area (TPSA) is 161 Å². The molecule has 9 nitrogen and oxygen atoms in total. The summed E-state index contributed by atoms with van der Waals surface area (Å²) in [6.07, 6.45) is 0.258. The van der Waals surface area contributed by atoms with Crippen LogP contribution in [0.2, 0.25) is 0 Å². The van der Waals surface area contributed by atoms with E-state index in [2.05, 4.69) is 0 Å². The molecule has 4 N–H and O–H groups in total. The molecule has 9 heteroatoms. The molecule has 2 fully saturated rings. The summed E-state index contributed by atoms with van der Waals surface area (Å²) in [5.74, 6) is -11.0. The number of hydrogen-bond donors (Lipinski definition) is 3. The van der Waals surface area contributed by atoms with E-state index in [4.69, 9.17) is 10.5 Å². The molecule has 2 saturated carbocycles. The number of ketones is 4. The lowest BCUT2D eigenvalue weighted by atomic mass is 9.49. The van der Waals surface area contributed by atoms with Crippen LogP contribution in [0.3, 0.4) is 0 Å². The van der Waals surface area contributed by atoms with E-state index in [1.165, 1.54) is 6.07 Å². The number of nitrogens with two attached hydrogens (primary N) is 1. The summed E-state index contributed by atoms with van der Waals surface area (Å²) in [5, 5.41) is 22.3. The van der Waals surface area contributed by atoms with Crippen LogP contribution < -0.4 is 10.5 Å². The first kappa shape index (κ1) is 25.8. The Hall–Kier alpha value is -3.85. The number of hydrogen-bond acceptors (Lipinski definition) is 8. The first-order chi connectivity index (χ1) is 17.9. The van der Waals surface area contributed by atoms with Gasteiger partial charge in [-0.2, -0.15) is 0 Å². The Balaban J connectivity index is 1.64. The van der Waals surface area contributed by atoms with Crippen molar-refractivity contribution in [2.75, 3.05) is 7.11 Å². The van der Waals surface area contributed by atoms with Gasteiger partial charge in [0.25, 0.3) is 0 Å². The quantitative estimate of drug-likeness (QED) is 0.516. The molecular formula is C29H29NO8. The number of phenolic OH excluding ortho intramolecular Hbond substituents is 1. The van der Waals surface area contributed by atoms with Crippen molar-refractivity contribution in [2.45, 2.75) is 32.3 Å². The summed E-state index contributed by atoms with van der Waals surface area (Å²) in [7, 11) is 1.55. The number of primary amides is 1. The molecule has 0 saturated heterocycles. The average Bonchev–Trinajstić information content (AvgIpc) is 2.86. The molecule has 2 aromatic carbocycles. The highest BCUT2D eigenvalue weighted by Crippen LogP contribution is 2.53. The van der Waals surface area contributed by atoms with Gasteiger partial charge in [0.1, 0.15) is 11.5 Å². The number of carbonyl (C=O) groups excluding carboxylic acids is 5. The number of methoxy groups -OCH3 is 1. The smallest absolute Gasteiger partial charge is 0.235 e. The Labute approximate surface area is 219 Å². The van der Waals surface area contributed by atoms with Crippen LogP contribution in [0, 0.1) is 35.5 Å². The van der Waals surface area contributed by atoms with Gasteiger partial charge in [0, 0.05) is 11.8 Å². The van der Waals surface area contributed by atoms with Crippen LogP contribution in [0.25, 0.3) is 11.1 Å². The molecule has 0 heterocycles. The van der Waals surface area contributed by atoms with Crippen molar-refractivity contribution in [1.82, 2.24) is 0 Å². The van der Waals surface area contributed by atoms with E-state index in [1.54, 1.807) is 39.2 Å². The lowest BCUT2D eigenvalue weighted by Crippen LogP contribution is -2.71. The van der Waals surface area contributed by atoms with E-state index < -0.39 is 70.1 Å². The number of benzene rings is 2. The second kappa shape index (κ2) is 8.87. The molecule has 0 radical (unpaired) electrons. The van der Waals surface area contributed by atoms with Crippen LogP contribution in [0.15, 0.2) is 36.4 Å². The number of aliphatic hydroxyl groups is 1. The first-order valence-corrected chi connectivity index (χ1v) is 12.6. The van der Waals surface area contributed by atoms with Crippen molar-refractivity contribution in [1.29, 1.82) is 0 Å². The van der Waals surface area contributed by atoms with Crippen LogP contribution in [0.1, 0.15) is 36.2 Å². The van der Waals surface area contributed by atoms with E-state index in [9.17, 15) is 34.2 Å². The predicted octanol–water partition coefficient (Wildman–Crippen LogP) is 1.88. The number of fused-ring (bicyclic) bond motifs is 3. The Bertz CT molecular complexity index is 1390. The Morgan fingerprint density at radius 1 is 1.05 bits per heavy atom. The maximum absolute atomic E-state index is 13.9. The standard InChI is InChI=1S/C29H29NO8/c1-12(2)20-18-11-14-10-17-16(13-4-6-15(38-3)7-5-13)8-9-19(31)22(17)25(33)21(14)26(34)29(18,37)27(35)23(24(20)32)28(30)36/h4-9,12,14,18,20-21,23,31,37H,10-11H2,1-3H3,(H2,30,36)/t14-,18-,20-,21?,23?,29-/m0/s1. The summed E-state index contributed by atoms with van der Waals surface area (Å²) in [6.45, 7) is 3.43. The molecule has 38 heavy (non-hydrogen) atoms. The minimum atomic E-state index is -2.69. The number of phenols is 1. The lowest BCUT2D eigenvalue weighted by Gasteiger charge is -2.52. The highest BCUT2D eigenvalue weighted by atomic mass is 16.5. The fourth-order valence-corrected chi connectivity index (χ4v) is 6.90. The van der Waals surface area contributed by atoms with Gasteiger partial charge in [0.15, 0.2) is 34.7 Å². The highest BCUT2D eigenvalue weighted by molar-refractivity contribution is 6.32. The number of amides is 1. The summed E-state index contributed by atoms with van der Waals surface area (Å²) in [5.41, 5.74) is 4.67. The van der Waals surface area contributed by atoms with Gasteiger partial charge in [-0.05, 0) is 59.6 Å². The fraction of sp³-hybridized carbons (Fsp3) is 0.414. The van der Waals surface area contributed by atoms with Crippen molar-refractivity contribution >= 4 is 29.0 Å². The Morgan fingerprint density at radius 3 is 2.29 bits per heavy atom. The van der Waals surface area contributed by atoms with Gasteiger partial charge in [0.2, 0.25) is 5.91 Å². The normalized spacial score (nSPS) is 30.5. The molecular weight excluding hydrogens is 490 g/mol. The molecule has 0 aromatic heterocycles. The van der Waals surface area contributed by atoms with Gasteiger partial charge in [-0.1, -0.05) is 32.0 Å². The van der Waals surface area contributed by atoms with Gasteiger partial charge in [0.05, 0.1) is 18.6 Å². The molecule has 2 aromatic rings. The van der Waals surface area contributed by atoms with Crippen LogP contribution in [-0.4, -0.2) is 52.0 Å². The Kier molecular flexibility index (Phi) is 6.02. The largest absolute Gasteiger partial charge is 0.507 e. The number of ether oxygens (including phenoxy) is 1. The lowest BCUT2D eigenvalue weighted by molar-refractivity contribution is -0.182. The molecule has 0 bridgehead atoms. The monoisotopic (exact) mass is 519 g/mol. The van der Waals surface area contributed by atoms with Crippen LogP contribution in [0.4, 0.5) is 0 Å². The number of carbonyl (C=O) groups is 5. The van der Waals surface area contributed by atoms with Crippen molar-refractivity contribution in [3.8, 4) is 22.6 Å². The molecule has 5 rings (SSSR count). The van der Waals surface area contributed by atoms with E-state index in [1.807, 2.05) is 12.1 Å². The zero-order valence-corrected chi connectivity index (χ0v) is 21.3. The number of Topliss-reactive ketones (excluding diaryl/α,β-unsaturated/α-hetero) is 4. The van der Waals surface area contributed by atoms with E-state index >= 15 is 0 Å². The zero-order chi connectivity index (χ0) is 27.7. The van der Waals surface area contributed by atoms with E-state index in [0.717, 1.165) is 5.56 Å². The molecule has 0 aliphatic heterocycles. The summed E-state index contributed by atoms with van der Waals surface area (Å²) in [4.78, 5) is 66.3. The predicted molar refractivity (Wildman–Crippen MR) is 134 cm³/mol. The number of rotatable bonds is 4.